The number of benzene rings is 2. The minimum Gasteiger partial charge on any atom is -0.496 e. The molecule has 9 heteroatoms. The van der Waals surface area contributed by atoms with E-state index in [4.69, 9.17) is 4.74 Å². The van der Waals surface area contributed by atoms with E-state index < -0.39 is 10.0 Å². The van der Waals surface area contributed by atoms with Crippen molar-refractivity contribution in [3.05, 3.63) is 60.3 Å². The number of rotatable bonds is 7. The summed E-state index contributed by atoms with van der Waals surface area (Å²) in [6.07, 6.45) is 1.67. The molecule has 0 aliphatic heterocycles. The van der Waals surface area contributed by atoms with Gasteiger partial charge in [0.2, 0.25) is 0 Å². The van der Waals surface area contributed by atoms with Gasteiger partial charge in [-0.15, -0.1) is 5.10 Å². The molecule has 0 radical (unpaired) electrons. The number of ether oxygens (including phenoxy) is 1. The smallest absolute Gasteiger partial charge is 0.261 e. The molecule has 3 aromatic rings. The second kappa shape index (κ2) is 8.36. The molecule has 0 aliphatic rings. The topological polar surface area (TPSA) is 96.5 Å². The van der Waals surface area contributed by atoms with E-state index in [0.717, 1.165) is 16.9 Å². The van der Waals surface area contributed by atoms with Crippen LogP contribution in [0.2, 0.25) is 0 Å². The van der Waals surface area contributed by atoms with Crippen LogP contribution in [0.5, 0.6) is 5.75 Å². The van der Waals surface area contributed by atoms with Crippen LogP contribution >= 0.6 is 0 Å². The normalized spacial score (nSPS) is 11.0. The molecule has 0 fully saturated rings. The van der Waals surface area contributed by atoms with E-state index in [0.29, 0.717) is 17.3 Å². The molecule has 152 valence electrons. The van der Waals surface area contributed by atoms with Crippen molar-refractivity contribution in [1.82, 2.24) is 10.2 Å². The lowest BCUT2D eigenvalue weighted by Crippen LogP contribution is -2.13. The molecule has 0 bridgehead atoms. The first-order valence-corrected chi connectivity index (χ1v) is 10.3. The van der Waals surface area contributed by atoms with Crippen molar-refractivity contribution in [2.75, 3.05) is 36.1 Å². The summed E-state index contributed by atoms with van der Waals surface area (Å²) in [6.45, 7) is 1.80. The molecule has 2 aromatic carbocycles. The van der Waals surface area contributed by atoms with Crippen molar-refractivity contribution >= 4 is 32.9 Å². The highest BCUT2D eigenvalue weighted by molar-refractivity contribution is 7.92. The Kier molecular flexibility index (Phi) is 5.88. The SMILES string of the molecule is COc1ccc(S(=O)(=O)Nc2ccc(Nc3cc(N(C)C)cnn3)cc2)cc1C. The van der Waals surface area contributed by atoms with Gasteiger partial charge in [0.05, 0.1) is 23.9 Å². The lowest BCUT2D eigenvalue weighted by molar-refractivity contribution is 0.411. The van der Waals surface area contributed by atoms with E-state index in [1.807, 2.05) is 25.1 Å². The molecule has 1 aromatic heterocycles. The van der Waals surface area contributed by atoms with Gasteiger partial charge in [0.15, 0.2) is 5.82 Å². The highest BCUT2D eigenvalue weighted by Crippen LogP contribution is 2.24. The summed E-state index contributed by atoms with van der Waals surface area (Å²) in [6, 6.07) is 13.5. The number of aryl methyl sites for hydroxylation is 1. The number of hydrogen-bond acceptors (Lipinski definition) is 7. The van der Waals surface area contributed by atoms with E-state index >= 15 is 0 Å². The maximum absolute atomic E-state index is 12.6. The minimum absolute atomic E-state index is 0.175. The Morgan fingerprint density at radius 1 is 1.00 bits per heavy atom. The van der Waals surface area contributed by atoms with Crippen LogP contribution in [-0.4, -0.2) is 39.8 Å². The Labute approximate surface area is 170 Å². The molecular weight excluding hydrogens is 390 g/mol. The second-order valence-corrected chi connectivity index (χ2v) is 8.32. The fraction of sp³-hybridized carbons (Fsp3) is 0.200. The van der Waals surface area contributed by atoms with E-state index in [2.05, 4.69) is 20.2 Å². The van der Waals surface area contributed by atoms with E-state index in [1.54, 1.807) is 56.6 Å². The van der Waals surface area contributed by atoms with Crippen molar-refractivity contribution in [3.63, 3.8) is 0 Å². The fourth-order valence-electron chi connectivity index (χ4n) is 2.66. The number of nitrogens with zero attached hydrogens (tertiary/aromatic N) is 3. The van der Waals surface area contributed by atoms with Crippen molar-refractivity contribution in [2.24, 2.45) is 0 Å². The summed E-state index contributed by atoms with van der Waals surface area (Å²) in [4.78, 5) is 2.10. The Morgan fingerprint density at radius 3 is 2.31 bits per heavy atom. The van der Waals surface area contributed by atoms with Crippen LogP contribution in [-0.2, 0) is 10.0 Å². The standard InChI is InChI=1S/C20H23N5O3S/c1-14-11-18(9-10-19(14)28-4)29(26,27)24-16-7-5-15(6-8-16)22-20-12-17(25(2)3)13-21-23-20/h5-13,24H,1-4H3,(H,22,23). The van der Waals surface area contributed by atoms with Crippen LogP contribution in [0.15, 0.2) is 59.6 Å². The molecule has 0 atom stereocenters. The van der Waals surface area contributed by atoms with Crippen LogP contribution < -0.4 is 19.7 Å². The number of sulfonamides is 1. The molecule has 0 saturated heterocycles. The van der Waals surface area contributed by atoms with Gasteiger partial charge in [-0.1, -0.05) is 0 Å². The molecule has 0 unspecified atom stereocenters. The summed E-state index contributed by atoms with van der Waals surface area (Å²) in [5.74, 6) is 1.24. The van der Waals surface area contributed by atoms with Gasteiger partial charge in [-0.3, -0.25) is 4.72 Å². The summed E-state index contributed by atoms with van der Waals surface area (Å²) < 4.78 is 33.0. The monoisotopic (exact) mass is 413 g/mol. The Hall–Kier alpha value is -3.33. The van der Waals surface area contributed by atoms with Gasteiger partial charge in [-0.2, -0.15) is 5.10 Å². The zero-order valence-electron chi connectivity index (χ0n) is 16.7. The van der Waals surface area contributed by atoms with Crippen LogP contribution in [0, 0.1) is 6.92 Å². The van der Waals surface area contributed by atoms with Gasteiger partial charge in [-0.05, 0) is 55.0 Å². The van der Waals surface area contributed by atoms with Gasteiger partial charge >= 0.3 is 0 Å². The van der Waals surface area contributed by atoms with Gasteiger partial charge in [0.25, 0.3) is 10.0 Å². The lowest BCUT2D eigenvalue weighted by atomic mass is 10.2. The average Bonchev–Trinajstić information content (AvgIpc) is 2.69. The number of nitrogens with one attached hydrogen (secondary N) is 2. The molecule has 29 heavy (non-hydrogen) atoms. The van der Waals surface area contributed by atoms with E-state index in [-0.39, 0.29) is 4.90 Å². The predicted molar refractivity (Wildman–Crippen MR) is 115 cm³/mol. The Morgan fingerprint density at radius 2 is 1.69 bits per heavy atom. The van der Waals surface area contributed by atoms with Crippen molar-refractivity contribution < 1.29 is 13.2 Å². The summed E-state index contributed by atoms with van der Waals surface area (Å²) in [5.41, 5.74) is 2.88. The Bertz CT molecular complexity index is 1100. The number of anilines is 4. The first-order chi connectivity index (χ1) is 13.8. The summed E-state index contributed by atoms with van der Waals surface area (Å²) in [5, 5.41) is 11.2. The fourth-order valence-corrected chi connectivity index (χ4v) is 3.81. The molecule has 3 rings (SSSR count). The molecule has 2 N–H and O–H groups in total. The van der Waals surface area contributed by atoms with Crippen LogP contribution in [0.1, 0.15) is 5.56 Å². The third-order valence-corrected chi connectivity index (χ3v) is 5.62. The first-order valence-electron chi connectivity index (χ1n) is 8.83. The second-order valence-electron chi connectivity index (χ2n) is 6.63. The van der Waals surface area contributed by atoms with Crippen LogP contribution in [0.25, 0.3) is 0 Å². The lowest BCUT2D eigenvalue weighted by Gasteiger charge is -2.13. The molecular formula is C20H23N5O3S. The van der Waals surface area contributed by atoms with E-state index in [1.165, 1.54) is 6.07 Å². The average molecular weight is 414 g/mol. The van der Waals surface area contributed by atoms with Gasteiger partial charge in [0.1, 0.15) is 5.75 Å². The Balaban J connectivity index is 1.73. The zero-order valence-corrected chi connectivity index (χ0v) is 17.5. The predicted octanol–water partition coefficient (Wildman–Crippen LogP) is 3.40. The largest absolute Gasteiger partial charge is 0.496 e. The van der Waals surface area contributed by atoms with Gasteiger partial charge < -0.3 is 15.0 Å². The summed E-state index contributed by atoms with van der Waals surface area (Å²) in [7, 11) is 1.69. The quantitative estimate of drug-likeness (QED) is 0.613. The van der Waals surface area contributed by atoms with Crippen LogP contribution in [0.3, 0.4) is 0 Å². The molecule has 1 heterocycles. The van der Waals surface area contributed by atoms with E-state index in [9.17, 15) is 8.42 Å². The maximum atomic E-state index is 12.6. The zero-order chi connectivity index (χ0) is 21.0. The minimum atomic E-state index is -3.70. The highest BCUT2D eigenvalue weighted by Gasteiger charge is 2.15. The number of aromatic nitrogens is 2. The molecule has 8 nitrogen and oxygen atoms in total. The van der Waals surface area contributed by atoms with Crippen molar-refractivity contribution in [1.29, 1.82) is 0 Å². The highest BCUT2D eigenvalue weighted by atomic mass is 32.2. The third-order valence-electron chi connectivity index (χ3n) is 4.24. The third kappa shape index (κ3) is 4.94. The van der Waals surface area contributed by atoms with Crippen molar-refractivity contribution in [2.45, 2.75) is 11.8 Å². The van der Waals surface area contributed by atoms with Crippen molar-refractivity contribution in [3.8, 4) is 5.75 Å². The maximum Gasteiger partial charge on any atom is 0.261 e. The molecule has 0 spiro atoms. The van der Waals surface area contributed by atoms with Crippen LogP contribution in [0.4, 0.5) is 22.9 Å². The van der Waals surface area contributed by atoms with Gasteiger partial charge in [0, 0.05) is 31.5 Å². The molecule has 0 saturated carbocycles. The molecule has 0 aliphatic carbocycles. The number of hydrogen-bond donors (Lipinski definition) is 2. The molecule has 0 amide bonds. The number of methoxy groups -OCH3 is 1. The first kappa shape index (κ1) is 20.4. The van der Waals surface area contributed by atoms with Gasteiger partial charge in [-0.25, -0.2) is 8.42 Å². The summed E-state index contributed by atoms with van der Waals surface area (Å²) >= 11 is 0.